The molecule has 0 aromatic carbocycles. The third-order valence-electron chi connectivity index (χ3n) is 7.31. The Morgan fingerprint density at radius 3 is 1.86 bits per heavy atom. The standard InChI is InChI=1S/C30H58BrNO3/c1-2-3-4-5-6-7-8-9-10-11-12-13-14-18-21-26-32-30(33)35-29-24-22-27-34-28(29)23-19-16-15-17-20-25-31/h28-29H,2-27H2,1H3,(H,32,33)/t28-,29+/m0/s1. The minimum atomic E-state index is -0.256. The minimum Gasteiger partial charge on any atom is -0.443 e. The summed E-state index contributed by atoms with van der Waals surface area (Å²) in [4.78, 5) is 12.3. The summed E-state index contributed by atoms with van der Waals surface area (Å²) < 4.78 is 11.7. The number of alkyl halides is 1. The number of ether oxygens (including phenoxy) is 2. The number of carbonyl (C=O) groups excluding carboxylic acids is 1. The molecule has 1 aliphatic rings. The predicted octanol–water partition coefficient (Wildman–Crippen LogP) is 9.87. The Hall–Kier alpha value is -0.290. The Morgan fingerprint density at radius 1 is 0.771 bits per heavy atom. The number of rotatable bonds is 24. The molecule has 1 amide bonds. The monoisotopic (exact) mass is 559 g/mol. The number of hydrogen-bond acceptors (Lipinski definition) is 3. The third kappa shape index (κ3) is 20.5. The molecule has 0 saturated carbocycles. The Balaban J connectivity index is 1.91. The minimum absolute atomic E-state index is 0.0765. The highest BCUT2D eigenvalue weighted by Crippen LogP contribution is 2.22. The second-order valence-corrected chi connectivity index (χ2v) is 11.4. The molecule has 1 rings (SSSR count). The fourth-order valence-electron chi connectivity index (χ4n) is 5.05. The molecule has 1 heterocycles. The smallest absolute Gasteiger partial charge is 0.407 e. The zero-order valence-corrected chi connectivity index (χ0v) is 24.7. The van der Waals surface area contributed by atoms with E-state index in [1.165, 1.54) is 116 Å². The number of amides is 1. The highest BCUT2D eigenvalue weighted by atomic mass is 79.9. The summed E-state index contributed by atoms with van der Waals surface area (Å²) in [5, 5.41) is 4.07. The molecule has 0 bridgehead atoms. The number of hydrogen-bond donors (Lipinski definition) is 1. The first-order chi connectivity index (χ1) is 17.3. The van der Waals surface area contributed by atoms with Gasteiger partial charge in [0.05, 0.1) is 6.10 Å². The van der Waals surface area contributed by atoms with Gasteiger partial charge >= 0.3 is 6.09 Å². The van der Waals surface area contributed by atoms with Crippen molar-refractivity contribution in [3.05, 3.63) is 0 Å². The lowest BCUT2D eigenvalue weighted by Crippen LogP contribution is -2.40. The first kappa shape index (κ1) is 32.7. The summed E-state index contributed by atoms with van der Waals surface area (Å²) in [7, 11) is 0. The van der Waals surface area contributed by atoms with Crippen LogP contribution in [0, 0.1) is 0 Å². The summed E-state index contributed by atoms with van der Waals surface area (Å²) in [6, 6.07) is 0. The van der Waals surface area contributed by atoms with E-state index in [-0.39, 0.29) is 18.3 Å². The zero-order valence-electron chi connectivity index (χ0n) is 23.1. The van der Waals surface area contributed by atoms with Gasteiger partial charge in [-0.15, -0.1) is 0 Å². The Bertz CT molecular complexity index is 463. The largest absolute Gasteiger partial charge is 0.443 e. The number of carbonyl (C=O) groups is 1. The van der Waals surface area contributed by atoms with Crippen LogP contribution in [0.4, 0.5) is 4.79 Å². The van der Waals surface area contributed by atoms with Crippen LogP contribution < -0.4 is 5.32 Å². The van der Waals surface area contributed by atoms with Crippen molar-refractivity contribution < 1.29 is 14.3 Å². The van der Waals surface area contributed by atoms with Gasteiger partial charge in [-0.25, -0.2) is 4.79 Å². The van der Waals surface area contributed by atoms with Crippen LogP contribution >= 0.6 is 15.9 Å². The molecule has 4 nitrogen and oxygen atoms in total. The van der Waals surface area contributed by atoms with Crippen molar-refractivity contribution >= 4 is 22.0 Å². The maximum absolute atomic E-state index is 12.3. The van der Waals surface area contributed by atoms with E-state index in [2.05, 4.69) is 28.2 Å². The van der Waals surface area contributed by atoms with Crippen LogP contribution in [0.15, 0.2) is 0 Å². The maximum Gasteiger partial charge on any atom is 0.407 e. The highest BCUT2D eigenvalue weighted by molar-refractivity contribution is 9.09. The highest BCUT2D eigenvalue weighted by Gasteiger charge is 2.28. The first-order valence-corrected chi connectivity index (χ1v) is 16.5. The molecule has 208 valence electrons. The van der Waals surface area contributed by atoms with Crippen molar-refractivity contribution in [3.63, 3.8) is 0 Å². The van der Waals surface area contributed by atoms with Crippen molar-refractivity contribution in [1.82, 2.24) is 5.32 Å². The topological polar surface area (TPSA) is 47.6 Å². The maximum atomic E-state index is 12.3. The van der Waals surface area contributed by atoms with E-state index in [0.29, 0.717) is 0 Å². The van der Waals surface area contributed by atoms with Gasteiger partial charge in [-0.3, -0.25) is 0 Å². The number of nitrogens with one attached hydrogen (secondary N) is 1. The van der Waals surface area contributed by atoms with Gasteiger partial charge in [-0.05, 0) is 32.1 Å². The molecule has 0 aliphatic carbocycles. The lowest BCUT2D eigenvalue weighted by molar-refractivity contribution is -0.0818. The number of alkyl carbamates (subject to hydrolysis) is 1. The molecule has 1 N–H and O–H groups in total. The summed E-state index contributed by atoms with van der Waals surface area (Å²) in [6.07, 6.45) is 29.3. The Labute approximate surface area is 226 Å². The molecule has 0 unspecified atom stereocenters. The van der Waals surface area contributed by atoms with Gasteiger partial charge < -0.3 is 14.8 Å². The van der Waals surface area contributed by atoms with Crippen molar-refractivity contribution in [3.8, 4) is 0 Å². The van der Waals surface area contributed by atoms with Crippen molar-refractivity contribution in [2.24, 2.45) is 0 Å². The summed E-state index contributed by atoms with van der Waals surface area (Å²) in [5.41, 5.74) is 0. The average Bonchev–Trinajstić information content (AvgIpc) is 2.86. The van der Waals surface area contributed by atoms with E-state index in [0.717, 1.165) is 50.6 Å². The normalized spacial score (nSPS) is 18.0. The van der Waals surface area contributed by atoms with E-state index in [1.807, 2.05) is 0 Å². The molecule has 2 atom stereocenters. The lowest BCUT2D eigenvalue weighted by Gasteiger charge is -2.31. The second kappa shape index (κ2) is 25.4. The number of halogens is 1. The van der Waals surface area contributed by atoms with E-state index in [9.17, 15) is 4.79 Å². The van der Waals surface area contributed by atoms with Crippen LogP contribution in [-0.4, -0.2) is 36.8 Å². The predicted molar refractivity (Wildman–Crippen MR) is 154 cm³/mol. The lowest BCUT2D eigenvalue weighted by atomic mass is 9.99. The molecule has 0 spiro atoms. The number of unbranched alkanes of at least 4 members (excludes halogenated alkanes) is 18. The SMILES string of the molecule is CCCCCCCCCCCCCCCCCNC(=O)O[C@@H]1CCCO[C@H]1CCCCCCCBr. The van der Waals surface area contributed by atoms with E-state index in [1.54, 1.807) is 0 Å². The summed E-state index contributed by atoms with van der Waals surface area (Å²) in [6.45, 7) is 3.81. The quantitative estimate of drug-likeness (QED) is 0.0944. The van der Waals surface area contributed by atoms with Crippen LogP contribution in [0.2, 0.25) is 0 Å². The van der Waals surface area contributed by atoms with Crippen molar-refractivity contribution in [2.75, 3.05) is 18.5 Å². The molecule has 5 heteroatoms. The Morgan fingerprint density at radius 2 is 1.29 bits per heavy atom. The van der Waals surface area contributed by atoms with Gasteiger partial charge in [-0.2, -0.15) is 0 Å². The molecular weight excluding hydrogens is 502 g/mol. The molecule has 0 radical (unpaired) electrons. The van der Waals surface area contributed by atoms with E-state index >= 15 is 0 Å². The second-order valence-electron chi connectivity index (χ2n) is 10.6. The molecular formula is C30H58BrNO3. The van der Waals surface area contributed by atoms with Crippen molar-refractivity contribution in [2.45, 2.75) is 167 Å². The Kier molecular flexibility index (Phi) is 23.7. The fourth-order valence-corrected chi connectivity index (χ4v) is 5.45. The molecule has 1 saturated heterocycles. The summed E-state index contributed by atoms with van der Waals surface area (Å²) in [5.74, 6) is 0. The van der Waals surface area contributed by atoms with Crippen LogP contribution in [0.5, 0.6) is 0 Å². The van der Waals surface area contributed by atoms with Gasteiger partial charge in [0.15, 0.2) is 0 Å². The van der Waals surface area contributed by atoms with Crippen molar-refractivity contribution in [1.29, 1.82) is 0 Å². The van der Waals surface area contributed by atoms with Gasteiger partial charge in [0, 0.05) is 18.5 Å². The van der Waals surface area contributed by atoms with Crippen LogP contribution in [0.1, 0.15) is 155 Å². The summed E-state index contributed by atoms with van der Waals surface area (Å²) >= 11 is 3.49. The van der Waals surface area contributed by atoms with Crippen LogP contribution in [-0.2, 0) is 9.47 Å². The molecule has 0 aromatic rings. The van der Waals surface area contributed by atoms with Gasteiger partial charge in [0.1, 0.15) is 6.10 Å². The molecule has 0 aromatic heterocycles. The van der Waals surface area contributed by atoms with Gasteiger partial charge in [0.2, 0.25) is 0 Å². The van der Waals surface area contributed by atoms with Gasteiger partial charge in [-0.1, -0.05) is 138 Å². The van der Waals surface area contributed by atoms with E-state index in [4.69, 9.17) is 9.47 Å². The average molecular weight is 561 g/mol. The van der Waals surface area contributed by atoms with Gasteiger partial charge in [0.25, 0.3) is 0 Å². The van der Waals surface area contributed by atoms with Crippen LogP contribution in [0.25, 0.3) is 0 Å². The van der Waals surface area contributed by atoms with E-state index < -0.39 is 0 Å². The third-order valence-corrected chi connectivity index (χ3v) is 7.87. The fraction of sp³-hybridized carbons (Fsp3) is 0.967. The molecule has 1 aliphatic heterocycles. The molecule has 35 heavy (non-hydrogen) atoms. The van der Waals surface area contributed by atoms with Crippen LogP contribution in [0.3, 0.4) is 0 Å². The zero-order chi connectivity index (χ0) is 25.2. The molecule has 1 fully saturated rings. The first-order valence-electron chi connectivity index (χ1n) is 15.4.